The first-order chi connectivity index (χ1) is 13.9. The van der Waals surface area contributed by atoms with Gasteiger partial charge in [0.15, 0.2) is 0 Å². The second kappa shape index (κ2) is 11.5. The van der Waals surface area contributed by atoms with E-state index >= 15 is 0 Å². The molecule has 0 fully saturated rings. The third-order valence-electron chi connectivity index (χ3n) is 5.96. The third-order valence-corrected chi connectivity index (χ3v) is 8.27. The van der Waals surface area contributed by atoms with Crippen molar-refractivity contribution in [2.24, 2.45) is 5.73 Å². The van der Waals surface area contributed by atoms with Crippen molar-refractivity contribution in [2.45, 2.75) is 63.8 Å². The minimum absolute atomic E-state index is 0. The summed E-state index contributed by atoms with van der Waals surface area (Å²) in [6.45, 7) is 1.91. The van der Waals surface area contributed by atoms with Crippen LogP contribution in [0.1, 0.15) is 60.8 Å². The second-order valence-electron chi connectivity index (χ2n) is 8.25. The molecule has 0 saturated carbocycles. The van der Waals surface area contributed by atoms with Crippen molar-refractivity contribution in [3.05, 3.63) is 69.7 Å². The standard InChI is InChI=1S/C24H32ClNO2S.ClH/c1-2-14-29(27,28)15-6-5-7-18-10-11-19-12-13-24(26)22(21(19)16-18)17-20-8-3-4-9-23(20)25;/h3-4,8-11,16,22,24H,2,5-7,12-15,17,26H2,1H3;1H. The number of nitrogens with two attached hydrogens (primary N) is 1. The molecule has 30 heavy (non-hydrogen) atoms. The van der Waals surface area contributed by atoms with Gasteiger partial charge < -0.3 is 5.73 Å². The fraction of sp³-hybridized carbons (Fsp3) is 0.500. The molecule has 2 aromatic rings. The average molecular weight is 471 g/mol. The van der Waals surface area contributed by atoms with E-state index in [1.165, 1.54) is 16.7 Å². The summed E-state index contributed by atoms with van der Waals surface area (Å²) in [6, 6.07) is 14.9. The van der Waals surface area contributed by atoms with Crippen molar-refractivity contribution in [1.82, 2.24) is 0 Å². The Kier molecular flexibility index (Phi) is 9.67. The van der Waals surface area contributed by atoms with E-state index in [-0.39, 0.29) is 24.4 Å². The van der Waals surface area contributed by atoms with E-state index in [1.54, 1.807) is 0 Å². The molecule has 0 aliphatic heterocycles. The summed E-state index contributed by atoms with van der Waals surface area (Å²) in [6.07, 6.45) is 6.09. The zero-order valence-corrected chi connectivity index (χ0v) is 20.0. The monoisotopic (exact) mass is 469 g/mol. The molecular weight excluding hydrogens is 437 g/mol. The summed E-state index contributed by atoms with van der Waals surface area (Å²) in [7, 11) is -2.88. The lowest BCUT2D eigenvalue weighted by Crippen LogP contribution is -2.34. The molecule has 6 heteroatoms. The van der Waals surface area contributed by atoms with E-state index in [0.29, 0.717) is 17.9 Å². The molecule has 0 spiro atoms. The number of unbranched alkanes of at least 4 members (excludes halogenated alkanes) is 1. The van der Waals surface area contributed by atoms with Gasteiger partial charge in [-0.25, -0.2) is 8.42 Å². The van der Waals surface area contributed by atoms with Gasteiger partial charge >= 0.3 is 0 Å². The second-order valence-corrected chi connectivity index (χ2v) is 11.0. The summed E-state index contributed by atoms with van der Waals surface area (Å²) < 4.78 is 23.8. The van der Waals surface area contributed by atoms with Gasteiger partial charge in [-0.1, -0.05) is 54.9 Å². The van der Waals surface area contributed by atoms with Gasteiger partial charge in [-0.3, -0.25) is 0 Å². The highest BCUT2D eigenvalue weighted by atomic mass is 35.5. The van der Waals surface area contributed by atoms with Gasteiger partial charge in [-0.15, -0.1) is 12.4 Å². The van der Waals surface area contributed by atoms with Gasteiger partial charge in [0.25, 0.3) is 0 Å². The van der Waals surface area contributed by atoms with Crippen LogP contribution in [0.25, 0.3) is 0 Å². The maximum atomic E-state index is 11.9. The van der Waals surface area contributed by atoms with Gasteiger partial charge in [-0.05, 0) is 73.3 Å². The molecule has 0 aromatic heterocycles. The maximum absolute atomic E-state index is 11.9. The molecule has 0 amide bonds. The van der Waals surface area contributed by atoms with Crippen molar-refractivity contribution in [1.29, 1.82) is 0 Å². The number of halogens is 2. The van der Waals surface area contributed by atoms with Crippen molar-refractivity contribution in [2.75, 3.05) is 11.5 Å². The highest BCUT2D eigenvalue weighted by Gasteiger charge is 2.28. The van der Waals surface area contributed by atoms with Crippen molar-refractivity contribution < 1.29 is 8.42 Å². The van der Waals surface area contributed by atoms with E-state index in [1.807, 2.05) is 25.1 Å². The number of hydrogen-bond donors (Lipinski definition) is 1. The Morgan fingerprint density at radius 3 is 2.60 bits per heavy atom. The molecule has 0 radical (unpaired) electrons. The summed E-state index contributed by atoms with van der Waals surface area (Å²) >= 11 is 6.40. The molecule has 2 N–H and O–H groups in total. The number of benzene rings is 2. The van der Waals surface area contributed by atoms with Crippen LogP contribution in [0.3, 0.4) is 0 Å². The van der Waals surface area contributed by atoms with Crippen LogP contribution >= 0.6 is 24.0 Å². The molecule has 0 saturated heterocycles. The normalized spacial score (nSPS) is 18.5. The van der Waals surface area contributed by atoms with Gasteiger partial charge in [0.1, 0.15) is 9.84 Å². The van der Waals surface area contributed by atoms with Gasteiger partial charge in [0.2, 0.25) is 0 Å². The first-order valence-electron chi connectivity index (χ1n) is 10.7. The van der Waals surface area contributed by atoms with E-state index in [9.17, 15) is 8.42 Å². The number of sulfone groups is 1. The Bertz CT molecular complexity index is 931. The largest absolute Gasteiger partial charge is 0.327 e. The third kappa shape index (κ3) is 6.71. The fourth-order valence-corrected chi connectivity index (χ4v) is 6.04. The smallest absolute Gasteiger partial charge is 0.150 e. The molecule has 2 aromatic carbocycles. The molecule has 3 nitrogen and oxygen atoms in total. The molecule has 2 unspecified atom stereocenters. The molecule has 2 atom stereocenters. The number of hydrogen-bond acceptors (Lipinski definition) is 3. The Morgan fingerprint density at radius 1 is 1.10 bits per heavy atom. The van der Waals surface area contributed by atoms with E-state index in [0.717, 1.165) is 49.1 Å². The van der Waals surface area contributed by atoms with Crippen LogP contribution in [0.15, 0.2) is 42.5 Å². The lowest BCUT2D eigenvalue weighted by molar-refractivity contribution is 0.467. The van der Waals surface area contributed by atoms with Crippen LogP contribution in [0.4, 0.5) is 0 Å². The first-order valence-corrected chi connectivity index (χ1v) is 12.9. The Morgan fingerprint density at radius 2 is 1.87 bits per heavy atom. The van der Waals surface area contributed by atoms with Crippen molar-refractivity contribution in [3.63, 3.8) is 0 Å². The summed E-state index contributed by atoms with van der Waals surface area (Å²) in [5.74, 6) is 0.864. The molecule has 1 aliphatic carbocycles. The molecule has 0 heterocycles. The van der Waals surface area contributed by atoms with Gasteiger partial charge in [0, 0.05) is 22.7 Å². The van der Waals surface area contributed by atoms with Gasteiger partial charge in [-0.2, -0.15) is 0 Å². The highest BCUT2D eigenvalue weighted by molar-refractivity contribution is 7.91. The minimum atomic E-state index is -2.88. The highest BCUT2D eigenvalue weighted by Crippen LogP contribution is 2.35. The quantitative estimate of drug-likeness (QED) is 0.492. The fourth-order valence-electron chi connectivity index (χ4n) is 4.35. The van der Waals surface area contributed by atoms with Crippen LogP contribution in [-0.4, -0.2) is 26.0 Å². The molecule has 1 aliphatic rings. The topological polar surface area (TPSA) is 60.2 Å². The maximum Gasteiger partial charge on any atom is 0.150 e. The van der Waals surface area contributed by atoms with E-state index in [4.69, 9.17) is 17.3 Å². The molecule has 0 bridgehead atoms. The predicted molar refractivity (Wildman–Crippen MR) is 130 cm³/mol. The average Bonchev–Trinajstić information content (AvgIpc) is 2.69. The van der Waals surface area contributed by atoms with Crippen LogP contribution in [0.2, 0.25) is 5.02 Å². The molecule has 166 valence electrons. The number of fused-ring (bicyclic) bond motifs is 1. The van der Waals surface area contributed by atoms with Crippen LogP contribution in [-0.2, 0) is 29.1 Å². The van der Waals surface area contributed by atoms with E-state index in [2.05, 4.69) is 24.3 Å². The summed E-state index contributed by atoms with van der Waals surface area (Å²) in [5, 5.41) is 0.802. The number of aryl methyl sites for hydroxylation is 2. The van der Waals surface area contributed by atoms with Crippen molar-refractivity contribution >= 4 is 33.8 Å². The van der Waals surface area contributed by atoms with E-state index < -0.39 is 9.84 Å². The SMILES string of the molecule is CCCS(=O)(=O)CCCCc1ccc2c(c1)C(Cc1ccccc1Cl)C(N)CC2.Cl. The first kappa shape index (κ1) is 25.2. The van der Waals surface area contributed by atoms with Crippen molar-refractivity contribution in [3.8, 4) is 0 Å². The van der Waals surface area contributed by atoms with Gasteiger partial charge in [0.05, 0.1) is 5.75 Å². The zero-order valence-electron chi connectivity index (χ0n) is 17.6. The zero-order chi connectivity index (χ0) is 20.9. The number of rotatable bonds is 9. The Labute approximate surface area is 192 Å². The molecular formula is C24H33Cl2NO2S. The minimum Gasteiger partial charge on any atom is -0.327 e. The lowest BCUT2D eigenvalue weighted by Gasteiger charge is -2.32. The summed E-state index contributed by atoms with van der Waals surface area (Å²) in [4.78, 5) is 0. The summed E-state index contributed by atoms with van der Waals surface area (Å²) in [5.41, 5.74) is 11.7. The molecule has 3 rings (SSSR count). The lowest BCUT2D eigenvalue weighted by atomic mass is 9.76. The predicted octanol–water partition coefficient (Wildman–Crippen LogP) is 5.51. The van der Waals surface area contributed by atoms with Crippen LogP contribution in [0, 0.1) is 0 Å². The van der Waals surface area contributed by atoms with Crippen LogP contribution in [0.5, 0.6) is 0 Å². The Hall–Kier alpha value is -1.07. The van der Waals surface area contributed by atoms with Crippen LogP contribution < -0.4 is 5.73 Å². The Balaban J connectivity index is 0.00000320.